The third-order valence-corrected chi connectivity index (χ3v) is 3.40. The highest BCUT2D eigenvalue weighted by molar-refractivity contribution is 5.93. The molecule has 1 fully saturated rings. The molecule has 0 spiro atoms. The fourth-order valence-corrected chi connectivity index (χ4v) is 1.96. The van der Waals surface area contributed by atoms with Crippen LogP contribution in [0.1, 0.15) is 27.7 Å². The number of hydrogen-bond donors (Lipinski definition) is 2. The first-order valence-corrected chi connectivity index (χ1v) is 6.09. The number of carboxylic acids is 1. The number of amides is 3. The number of likely N-dealkylation sites (N-methyl/N-ethyl adjacent to an activating group) is 1. The normalized spacial score (nSPS) is 19.3. The number of piperazine rings is 1. The van der Waals surface area contributed by atoms with Crippen molar-refractivity contribution in [3.8, 4) is 0 Å². The van der Waals surface area contributed by atoms with Crippen molar-refractivity contribution in [2.45, 2.75) is 38.8 Å². The number of nitrogens with zero attached hydrogens (tertiary/aromatic N) is 2. The van der Waals surface area contributed by atoms with Crippen molar-refractivity contribution in [2.75, 3.05) is 20.1 Å². The Morgan fingerprint density at radius 2 is 1.84 bits per heavy atom. The highest BCUT2D eigenvalue weighted by atomic mass is 16.4. The average Bonchev–Trinajstić information content (AvgIpc) is 2.24. The Morgan fingerprint density at radius 1 is 1.32 bits per heavy atom. The summed E-state index contributed by atoms with van der Waals surface area (Å²) in [6, 6.07) is -0.543. The van der Waals surface area contributed by atoms with Crippen molar-refractivity contribution in [2.24, 2.45) is 0 Å². The Bertz CT molecular complexity index is 417. The van der Waals surface area contributed by atoms with E-state index in [2.05, 4.69) is 5.32 Å². The molecular formula is C12H21N3O4. The molecule has 0 atom stereocenters. The van der Waals surface area contributed by atoms with E-state index in [1.165, 1.54) is 18.7 Å². The van der Waals surface area contributed by atoms with E-state index in [0.717, 1.165) is 0 Å². The molecule has 0 aromatic carbocycles. The zero-order valence-electron chi connectivity index (χ0n) is 12.0. The van der Waals surface area contributed by atoms with Gasteiger partial charge in [-0.15, -0.1) is 0 Å². The molecule has 108 valence electrons. The molecule has 1 heterocycles. The topological polar surface area (TPSA) is 89.9 Å². The summed E-state index contributed by atoms with van der Waals surface area (Å²) in [7, 11) is 1.68. The minimum absolute atomic E-state index is 0.165. The molecule has 7 nitrogen and oxygen atoms in total. The van der Waals surface area contributed by atoms with Gasteiger partial charge in [0.25, 0.3) is 0 Å². The summed E-state index contributed by atoms with van der Waals surface area (Å²) in [6.45, 7) is 6.91. The number of aliphatic carboxylic acids is 1. The lowest BCUT2D eigenvalue weighted by molar-refractivity contribution is -0.145. The minimum Gasteiger partial charge on any atom is -0.480 e. The molecule has 19 heavy (non-hydrogen) atoms. The van der Waals surface area contributed by atoms with E-state index in [1.54, 1.807) is 25.8 Å². The average molecular weight is 271 g/mol. The lowest BCUT2D eigenvalue weighted by atomic mass is 9.98. The van der Waals surface area contributed by atoms with Crippen LogP contribution in [0.4, 0.5) is 4.79 Å². The Morgan fingerprint density at radius 3 is 2.32 bits per heavy atom. The van der Waals surface area contributed by atoms with E-state index in [9.17, 15) is 14.4 Å². The van der Waals surface area contributed by atoms with E-state index in [4.69, 9.17) is 5.11 Å². The molecule has 1 rings (SSSR count). The first kappa shape index (κ1) is 15.3. The van der Waals surface area contributed by atoms with Crippen LogP contribution in [0.15, 0.2) is 0 Å². The van der Waals surface area contributed by atoms with Crippen LogP contribution in [0.25, 0.3) is 0 Å². The van der Waals surface area contributed by atoms with E-state index in [0.29, 0.717) is 13.1 Å². The second kappa shape index (κ2) is 4.71. The maximum Gasteiger partial charge on any atom is 0.328 e. The van der Waals surface area contributed by atoms with Crippen molar-refractivity contribution in [1.82, 2.24) is 15.1 Å². The van der Waals surface area contributed by atoms with Gasteiger partial charge in [0.15, 0.2) is 0 Å². The SMILES string of the molecule is CN1CCN(C(=O)NC(C)(C)C(=O)O)C(C)(C)C1=O. The van der Waals surface area contributed by atoms with E-state index in [1.807, 2.05) is 0 Å². The van der Waals surface area contributed by atoms with Gasteiger partial charge in [-0.25, -0.2) is 9.59 Å². The molecule has 0 radical (unpaired) electrons. The quantitative estimate of drug-likeness (QED) is 0.746. The van der Waals surface area contributed by atoms with Crippen LogP contribution < -0.4 is 5.32 Å². The van der Waals surface area contributed by atoms with Crippen molar-refractivity contribution in [1.29, 1.82) is 0 Å². The maximum atomic E-state index is 12.2. The molecule has 3 amide bonds. The Balaban J connectivity index is 2.89. The Kier molecular flexibility index (Phi) is 3.79. The molecule has 0 bridgehead atoms. The predicted octanol–water partition coefficient (Wildman–Crippen LogP) is 0.112. The van der Waals surface area contributed by atoms with E-state index in [-0.39, 0.29) is 5.91 Å². The van der Waals surface area contributed by atoms with Gasteiger partial charge in [0.1, 0.15) is 11.1 Å². The van der Waals surface area contributed by atoms with Gasteiger partial charge in [-0.2, -0.15) is 0 Å². The van der Waals surface area contributed by atoms with Crippen molar-refractivity contribution >= 4 is 17.9 Å². The third kappa shape index (κ3) is 2.80. The number of carboxylic acid groups (broad SMARTS) is 1. The fraction of sp³-hybridized carbons (Fsp3) is 0.750. The van der Waals surface area contributed by atoms with Crippen molar-refractivity contribution in [3.63, 3.8) is 0 Å². The summed E-state index contributed by atoms with van der Waals surface area (Å²) >= 11 is 0. The first-order chi connectivity index (χ1) is 8.50. The van der Waals surface area contributed by atoms with Crippen LogP contribution in [0.3, 0.4) is 0 Å². The van der Waals surface area contributed by atoms with Crippen molar-refractivity contribution in [3.05, 3.63) is 0 Å². The van der Waals surface area contributed by atoms with Crippen LogP contribution in [0.2, 0.25) is 0 Å². The molecule has 1 aliphatic rings. The minimum atomic E-state index is -1.38. The summed E-state index contributed by atoms with van der Waals surface area (Å²) in [6.07, 6.45) is 0. The summed E-state index contributed by atoms with van der Waals surface area (Å²) in [4.78, 5) is 38.2. The molecule has 0 saturated carbocycles. The lowest BCUT2D eigenvalue weighted by Crippen LogP contribution is -2.67. The Labute approximate surface area is 112 Å². The van der Waals surface area contributed by atoms with Gasteiger partial charge in [-0.1, -0.05) is 0 Å². The monoisotopic (exact) mass is 271 g/mol. The van der Waals surface area contributed by atoms with Gasteiger partial charge in [-0.3, -0.25) is 4.79 Å². The predicted molar refractivity (Wildman–Crippen MR) is 68.7 cm³/mol. The largest absolute Gasteiger partial charge is 0.480 e. The number of hydrogen-bond acceptors (Lipinski definition) is 3. The summed E-state index contributed by atoms with van der Waals surface area (Å²) in [5.74, 6) is -1.29. The highest BCUT2D eigenvalue weighted by Gasteiger charge is 2.44. The molecule has 0 unspecified atom stereocenters. The van der Waals surface area contributed by atoms with Gasteiger partial charge in [0.05, 0.1) is 0 Å². The third-order valence-electron chi connectivity index (χ3n) is 3.40. The van der Waals surface area contributed by atoms with Crippen molar-refractivity contribution < 1.29 is 19.5 Å². The number of rotatable bonds is 2. The zero-order valence-corrected chi connectivity index (χ0v) is 12.0. The summed E-state index contributed by atoms with van der Waals surface area (Å²) in [5.41, 5.74) is -2.36. The molecular weight excluding hydrogens is 250 g/mol. The molecule has 1 aliphatic heterocycles. The van der Waals surface area contributed by atoms with E-state index < -0.39 is 23.1 Å². The molecule has 0 aliphatic carbocycles. The van der Waals surface area contributed by atoms with Gasteiger partial charge < -0.3 is 20.2 Å². The number of carbonyl (C=O) groups excluding carboxylic acids is 2. The van der Waals surface area contributed by atoms with Gasteiger partial charge >= 0.3 is 12.0 Å². The zero-order chi connectivity index (χ0) is 15.0. The second-order valence-electron chi connectivity index (χ2n) is 5.80. The standard InChI is InChI=1S/C12H21N3O4/c1-11(2,9(17)18)13-10(19)15-7-6-14(5)8(16)12(15,3)4/h6-7H2,1-5H3,(H,13,19)(H,17,18). The van der Waals surface area contributed by atoms with Crippen LogP contribution in [0, 0.1) is 0 Å². The van der Waals surface area contributed by atoms with E-state index >= 15 is 0 Å². The number of nitrogens with one attached hydrogen (secondary N) is 1. The van der Waals surface area contributed by atoms with Crippen LogP contribution >= 0.6 is 0 Å². The first-order valence-electron chi connectivity index (χ1n) is 6.09. The van der Waals surface area contributed by atoms with Crippen LogP contribution in [0.5, 0.6) is 0 Å². The van der Waals surface area contributed by atoms with Crippen LogP contribution in [-0.2, 0) is 9.59 Å². The van der Waals surface area contributed by atoms with Gasteiger partial charge in [0, 0.05) is 20.1 Å². The molecule has 0 aromatic heterocycles. The summed E-state index contributed by atoms with van der Waals surface area (Å²) < 4.78 is 0. The van der Waals surface area contributed by atoms with Gasteiger partial charge in [-0.05, 0) is 27.7 Å². The lowest BCUT2D eigenvalue weighted by Gasteiger charge is -2.45. The highest BCUT2D eigenvalue weighted by Crippen LogP contribution is 2.22. The van der Waals surface area contributed by atoms with Gasteiger partial charge in [0.2, 0.25) is 5.91 Å². The number of urea groups is 1. The molecule has 2 N–H and O–H groups in total. The summed E-state index contributed by atoms with van der Waals surface area (Å²) in [5, 5.41) is 11.4. The number of carbonyl (C=O) groups is 3. The smallest absolute Gasteiger partial charge is 0.328 e. The van der Waals surface area contributed by atoms with Crippen LogP contribution in [-0.4, -0.2) is 64.0 Å². The maximum absolute atomic E-state index is 12.2. The molecule has 7 heteroatoms. The fourth-order valence-electron chi connectivity index (χ4n) is 1.96. The Hall–Kier alpha value is -1.79. The molecule has 0 aromatic rings. The molecule has 1 saturated heterocycles. The second-order valence-corrected chi connectivity index (χ2v) is 5.80.